The number of esters is 1. The van der Waals surface area contributed by atoms with E-state index in [2.05, 4.69) is 11.9 Å². The summed E-state index contributed by atoms with van der Waals surface area (Å²) >= 11 is 0. The van der Waals surface area contributed by atoms with Gasteiger partial charge in [-0.2, -0.15) is 0 Å². The summed E-state index contributed by atoms with van der Waals surface area (Å²) in [6.07, 6.45) is 2.17. The zero-order valence-corrected chi connectivity index (χ0v) is 16.2. The Balaban J connectivity index is 1.65. The van der Waals surface area contributed by atoms with Crippen LogP contribution >= 0.6 is 0 Å². The number of carbonyl (C=O) groups excluding carboxylic acids is 1. The van der Waals surface area contributed by atoms with Crippen molar-refractivity contribution >= 4 is 5.97 Å². The zero-order valence-electron chi connectivity index (χ0n) is 16.2. The summed E-state index contributed by atoms with van der Waals surface area (Å²) in [5, 5.41) is 12.2. The predicted molar refractivity (Wildman–Crippen MR) is 97.4 cm³/mol. The minimum absolute atomic E-state index is 0.00790. The number of benzene rings is 1. The van der Waals surface area contributed by atoms with Gasteiger partial charge in [-0.1, -0.05) is 6.07 Å². The number of ether oxygens (including phenoxy) is 4. The van der Waals surface area contributed by atoms with Gasteiger partial charge < -0.3 is 29.0 Å². The molecule has 5 aliphatic rings. The topological polar surface area (TPSA) is 77.5 Å². The van der Waals surface area contributed by atoms with E-state index in [9.17, 15) is 9.90 Å². The van der Waals surface area contributed by atoms with Gasteiger partial charge >= 0.3 is 5.97 Å². The first-order chi connectivity index (χ1) is 13.5. The highest BCUT2D eigenvalue weighted by molar-refractivity contribution is 5.94. The van der Waals surface area contributed by atoms with Crippen LogP contribution in [0.1, 0.15) is 40.7 Å². The summed E-state index contributed by atoms with van der Waals surface area (Å²) in [6, 6.07) is 3.80. The Morgan fingerprint density at radius 1 is 1.25 bits per heavy atom. The summed E-state index contributed by atoms with van der Waals surface area (Å²) in [4.78, 5) is 14.7. The Hall–Kier alpha value is -1.67. The first-order valence-electron chi connectivity index (χ1n) is 10.1. The number of hydrogen-bond donors (Lipinski definition) is 1. The average Bonchev–Trinajstić information content (AvgIpc) is 3.30. The van der Waals surface area contributed by atoms with Crippen LogP contribution < -0.4 is 4.74 Å². The van der Waals surface area contributed by atoms with E-state index in [4.69, 9.17) is 18.9 Å². The molecule has 2 aliphatic carbocycles. The molecule has 6 rings (SSSR count). The number of likely N-dealkylation sites (N-methyl/N-ethyl adjacent to an activating group) is 1. The van der Waals surface area contributed by atoms with Gasteiger partial charge in [-0.05, 0) is 44.5 Å². The van der Waals surface area contributed by atoms with Crippen molar-refractivity contribution in [3.8, 4) is 5.75 Å². The van der Waals surface area contributed by atoms with Crippen molar-refractivity contribution in [1.82, 2.24) is 4.90 Å². The first kappa shape index (κ1) is 17.2. The lowest BCUT2D eigenvalue weighted by Gasteiger charge is -2.64. The fourth-order valence-corrected chi connectivity index (χ4v) is 6.76. The van der Waals surface area contributed by atoms with Crippen molar-refractivity contribution in [2.75, 3.05) is 33.9 Å². The van der Waals surface area contributed by atoms with E-state index in [0.29, 0.717) is 37.4 Å². The maximum absolute atomic E-state index is 12.5. The maximum atomic E-state index is 12.5. The fraction of sp³-hybridized carbons (Fsp3) is 0.667. The highest BCUT2D eigenvalue weighted by atomic mass is 16.8. The summed E-state index contributed by atoms with van der Waals surface area (Å²) in [6.45, 7) is 1.89. The molecule has 3 heterocycles. The van der Waals surface area contributed by atoms with E-state index in [1.54, 1.807) is 6.07 Å². The van der Waals surface area contributed by atoms with Crippen LogP contribution in [-0.4, -0.2) is 73.4 Å². The number of fused-ring (bicyclic) bond motifs is 1. The number of aliphatic hydroxyl groups is 1. The molecule has 1 saturated carbocycles. The molecule has 4 atom stereocenters. The molecule has 0 unspecified atom stereocenters. The van der Waals surface area contributed by atoms with Crippen molar-refractivity contribution in [2.45, 2.75) is 54.6 Å². The summed E-state index contributed by atoms with van der Waals surface area (Å²) < 4.78 is 23.8. The van der Waals surface area contributed by atoms with Gasteiger partial charge in [0.25, 0.3) is 0 Å². The number of methoxy groups -OCH3 is 1. The van der Waals surface area contributed by atoms with E-state index < -0.39 is 28.9 Å². The van der Waals surface area contributed by atoms with Gasteiger partial charge in [0.05, 0.1) is 31.3 Å². The second-order valence-electron chi connectivity index (χ2n) is 8.82. The standard InChI is InChI=1S/C21H25NO6/c1-22-8-7-19-15-12-3-4-13(17(23)25-2)16(15)28-18(19)21(26-9-10-27-21)6-5-20(19,24)14(22)11-12/h3-4,14,18,24H,5-11H2,1-2H3/t14-,18-,19+,20-/m1/s1. The van der Waals surface area contributed by atoms with Crippen LogP contribution in [0.2, 0.25) is 0 Å². The lowest BCUT2D eigenvalue weighted by Crippen LogP contribution is -2.79. The number of carbonyl (C=O) groups is 1. The van der Waals surface area contributed by atoms with Crippen molar-refractivity contribution < 1.29 is 28.8 Å². The van der Waals surface area contributed by atoms with Gasteiger partial charge in [0.1, 0.15) is 11.3 Å². The molecule has 150 valence electrons. The molecule has 2 saturated heterocycles. The van der Waals surface area contributed by atoms with E-state index in [-0.39, 0.29) is 6.04 Å². The second-order valence-corrected chi connectivity index (χ2v) is 8.82. The van der Waals surface area contributed by atoms with Crippen LogP contribution in [0, 0.1) is 0 Å². The molecule has 7 heteroatoms. The van der Waals surface area contributed by atoms with E-state index in [1.165, 1.54) is 7.11 Å². The molecule has 0 radical (unpaired) electrons. The predicted octanol–water partition coefficient (Wildman–Crippen LogP) is 1.00. The summed E-state index contributed by atoms with van der Waals surface area (Å²) in [7, 11) is 3.46. The SMILES string of the molecule is COC(=O)c1ccc2c3c1O[C@H]1C4(CC[C@@]5(O)[C@@H](C2)N(C)CC[C@]315)OCCO4. The number of piperidine rings is 1. The van der Waals surface area contributed by atoms with Crippen molar-refractivity contribution in [1.29, 1.82) is 0 Å². The Labute approximate surface area is 163 Å². The molecular formula is C21H25NO6. The quantitative estimate of drug-likeness (QED) is 0.721. The Bertz CT molecular complexity index is 880. The zero-order chi connectivity index (χ0) is 19.3. The van der Waals surface area contributed by atoms with Crippen molar-refractivity contribution in [3.63, 3.8) is 0 Å². The lowest BCUT2D eigenvalue weighted by molar-refractivity contribution is -0.295. The fourth-order valence-electron chi connectivity index (χ4n) is 6.76. The molecule has 0 aromatic heterocycles. The second kappa shape index (κ2) is 5.27. The van der Waals surface area contributed by atoms with Crippen LogP contribution in [-0.2, 0) is 26.0 Å². The largest absolute Gasteiger partial charge is 0.482 e. The number of nitrogens with zero attached hydrogens (tertiary/aromatic N) is 1. The van der Waals surface area contributed by atoms with Gasteiger partial charge in [0.2, 0.25) is 5.79 Å². The average molecular weight is 387 g/mol. The highest BCUT2D eigenvalue weighted by Gasteiger charge is 2.77. The third-order valence-corrected chi connectivity index (χ3v) is 7.94. The molecule has 2 bridgehead atoms. The third kappa shape index (κ3) is 1.70. The number of rotatable bonds is 1. The number of hydrogen-bond acceptors (Lipinski definition) is 7. The summed E-state index contributed by atoms with van der Waals surface area (Å²) in [5.41, 5.74) is 0.947. The lowest BCUT2D eigenvalue weighted by atomic mass is 9.48. The first-order valence-corrected chi connectivity index (χ1v) is 10.1. The normalized spacial score (nSPS) is 39.5. The molecule has 0 amide bonds. The minimum atomic E-state index is -0.946. The molecular weight excluding hydrogens is 362 g/mol. The highest BCUT2D eigenvalue weighted by Crippen LogP contribution is 2.67. The van der Waals surface area contributed by atoms with E-state index in [0.717, 1.165) is 30.5 Å². The van der Waals surface area contributed by atoms with Crippen LogP contribution in [0.3, 0.4) is 0 Å². The molecule has 3 aliphatic heterocycles. The smallest absolute Gasteiger partial charge is 0.341 e. The van der Waals surface area contributed by atoms with E-state index >= 15 is 0 Å². The molecule has 2 spiro atoms. The monoisotopic (exact) mass is 387 g/mol. The third-order valence-electron chi connectivity index (χ3n) is 7.94. The van der Waals surface area contributed by atoms with Gasteiger partial charge in [0, 0.05) is 18.0 Å². The van der Waals surface area contributed by atoms with Crippen molar-refractivity contribution in [3.05, 3.63) is 28.8 Å². The summed E-state index contributed by atoms with van der Waals surface area (Å²) in [5.74, 6) is -0.738. The van der Waals surface area contributed by atoms with Crippen LogP contribution in [0.25, 0.3) is 0 Å². The maximum Gasteiger partial charge on any atom is 0.341 e. The molecule has 7 nitrogen and oxygen atoms in total. The Morgan fingerprint density at radius 3 is 2.79 bits per heavy atom. The minimum Gasteiger partial charge on any atom is -0.482 e. The Kier molecular flexibility index (Phi) is 3.24. The van der Waals surface area contributed by atoms with Gasteiger partial charge in [-0.3, -0.25) is 0 Å². The molecule has 28 heavy (non-hydrogen) atoms. The Morgan fingerprint density at radius 2 is 2.04 bits per heavy atom. The van der Waals surface area contributed by atoms with E-state index in [1.807, 2.05) is 6.07 Å². The molecule has 1 aromatic carbocycles. The van der Waals surface area contributed by atoms with Crippen LogP contribution in [0.4, 0.5) is 0 Å². The van der Waals surface area contributed by atoms with Gasteiger partial charge in [-0.25, -0.2) is 4.79 Å². The number of likely N-dealkylation sites (tertiary alicyclic amines) is 1. The van der Waals surface area contributed by atoms with Crippen molar-refractivity contribution in [2.24, 2.45) is 0 Å². The van der Waals surface area contributed by atoms with Gasteiger partial charge in [-0.15, -0.1) is 0 Å². The molecule has 3 fully saturated rings. The van der Waals surface area contributed by atoms with Crippen LogP contribution in [0.15, 0.2) is 12.1 Å². The molecule has 1 N–H and O–H groups in total. The molecule has 1 aromatic rings. The van der Waals surface area contributed by atoms with Gasteiger partial charge in [0.15, 0.2) is 6.10 Å². The van der Waals surface area contributed by atoms with Crippen LogP contribution in [0.5, 0.6) is 5.75 Å².